The fourth-order valence-electron chi connectivity index (χ4n) is 4.48. The standard InChI is InChI=1S/C26H33FN6S/c1-17(19-10-12-20(27)13-11-19)29-26(34)28-16-18-8-14-21(15-9-18)30-25-31-23-7-5-4-6-22(23)24(32-25)33(2)3/h4-7,10-13,17-18,21H,8-9,14-16H2,1-3H3,(H2,28,29,34)(H,30,31,32)/t17?,18-,21+. The van der Waals surface area contributed by atoms with Gasteiger partial charge in [-0.15, -0.1) is 0 Å². The van der Waals surface area contributed by atoms with E-state index in [1.165, 1.54) is 12.1 Å². The van der Waals surface area contributed by atoms with E-state index in [0.29, 0.717) is 23.0 Å². The summed E-state index contributed by atoms with van der Waals surface area (Å²) in [4.78, 5) is 11.5. The Kier molecular flexibility index (Phi) is 7.77. The molecule has 3 aromatic rings. The molecule has 3 N–H and O–H groups in total. The summed E-state index contributed by atoms with van der Waals surface area (Å²) in [7, 11) is 4.02. The lowest BCUT2D eigenvalue weighted by Crippen LogP contribution is -2.40. The number of benzene rings is 2. The minimum atomic E-state index is -0.230. The molecule has 4 rings (SSSR count). The van der Waals surface area contributed by atoms with Crippen molar-refractivity contribution in [1.29, 1.82) is 0 Å². The molecule has 1 atom stereocenters. The van der Waals surface area contributed by atoms with Crippen molar-refractivity contribution in [2.45, 2.75) is 44.7 Å². The molecule has 0 spiro atoms. The summed E-state index contributed by atoms with van der Waals surface area (Å²) in [6.07, 6.45) is 4.39. The number of para-hydroxylation sites is 1. The van der Waals surface area contributed by atoms with Crippen molar-refractivity contribution in [1.82, 2.24) is 20.6 Å². The molecule has 1 unspecified atom stereocenters. The van der Waals surface area contributed by atoms with Gasteiger partial charge >= 0.3 is 0 Å². The number of nitrogens with one attached hydrogen (secondary N) is 3. The molecule has 0 bridgehead atoms. The van der Waals surface area contributed by atoms with Crippen molar-refractivity contribution in [3.8, 4) is 0 Å². The topological polar surface area (TPSA) is 65.1 Å². The molecule has 1 aliphatic rings. The van der Waals surface area contributed by atoms with Gasteiger partial charge in [0, 0.05) is 32.1 Å². The molecule has 0 radical (unpaired) electrons. The molecule has 0 saturated heterocycles. The Morgan fingerprint density at radius 1 is 1.06 bits per heavy atom. The molecule has 6 nitrogen and oxygen atoms in total. The van der Waals surface area contributed by atoms with Crippen LogP contribution >= 0.6 is 12.2 Å². The van der Waals surface area contributed by atoms with Gasteiger partial charge in [-0.3, -0.25) is 0 Å². The van der Waals surface area contributed by atoms with Gasteiger partial charge in [0.05, 0.1) is 11.6 Å². The highest BCUT2D eigenvalue weighted by atomic mass is 32.1. The van der Waals surface area contributed by atoms with Crippen molar-refractivity contribution >= 4 is 40.0 Å². The first-order chi connectivity index (χ1) is 16.4. The first-order valence-electron chi connectivity index (χ1n) is 11.9. The highest BCUT2D eigenvalue weighted by molar-refractivity contribution is 7.80. The molecular weight excluding hydrogens is 447 g/mol. The van der Waals surface area contributed by atoms with Crippen LogP contribution in [0.15, 0.2) is 48.5 Å². The van der Waals surface area contributed by atoms with E-state index in [4.69, 9.17) is 22.2 Å². The minimum Gasteiger partial charge on any atom is -0.362 e. The Labute approximate surface area is 206 Å². The van der Waals surface area contributed by atoms with Crippen LogP contribution in [0.5, 0.6) is 0 Å². The van der Waals surface area contributed by atoms with Gasteiger partial charge in [-0.05, 0) is 80.6 Å². The molecule has 1 fully saturated rings. The molecule has 1 aromatic heterocycles. The van der Waals surface area contributed by atoms with Crippen LogP contribution < -0.4 is 20.9 Å². The summed E-state index contributed by atoms with van der Waals surface area (Å²) in [6.45, 7) is 2.88. The molecular formula is C26H33FN6S. The van der Waals surface area contributed by atoms with Crippen LogP contribution in [-0.4, -0.2) is 41.8 Å². The van der Waals surface area contributed by atoms with Gasteiger partial charge in [0.2, 0.25) is 5.95 Å². The molecule has 1 aliphatic carbocycles. The number of nitrogens with zero attached hydrogens (tertiary/aromatic N) is 3. The van der Waals surface area contributed by atoms with E-state index in [-0.39, 0.29) is 11.9 Å². The Morgan fingerprint density at radius 2 is 1.76 bits per heavy atom. The van der Waals surface area contributed by atoms with Crippen LogP contribution in [0.2, 0.25) is 0 Å². The molecule has 0 aliphatic heterocycles. The van der Waals surface area contributed by atoms with Crippen LogP contribution in [0.25, 0.3) is 10.9 Å². The normalized spacial score (nSPS) is 18.8. The zero-order valence-corrected chi connectivity index (χ0v) is 20.8. The third kappa shape index (κ3) is 6.11. The maximum absolute atomic E-state index is 13.1. The van der Waals surface area contributed by atoms with Crippen LogP contribution in [0.3, 0.4) is 0 Å². The largest absolute Gasteiger partial charge is 0.362 e. The van der Waals surface area contributed by atoms with Gasteiger partial charge in [0.15, 0.2) is 5.11 Å². The summed E-state index contributed by atoms with van der Waals surface area (Å²) in [5.41, 5.74) is 1.96. The average Bonchev–Trinajstić information content (AvgIpc) is 2.83. The Bertz CT molecular complexity index is 1110. The summed E-state index contributed by atoms with van der Waals surface area (Å²) >= 11 is 5.48. The van der Waals surface area contributed by atoms with Crippen LogP contribution in [0.1, 0.15) is 44.2 Å². The zero-order chi connectivity index (χ0) is 24.1. The van der Waals surface area contributed by atoms with E-state index < -0.39 is 0 Å². The van der Waals surface area contributed by atoms with Crippen molar-refractivity contribution in [2.24, 2.45) is 5.92 Å². The number of hydrogen-bond donors (Lipinski definition) is 3. The van der Waals surface area contributed by atoms with Gasteiger partial charge in [0.1, 0.15) is 11.6 Å². The third-order valence-electron chi connectivity index (χ3n) is 6.46. The highest BCUT2D eigenvalue weighted by Gasteiger charge is 2.22. The predicted octanol–water partition coefficient (Wildman–Crippen LogP) is 5.03. The molecule has 34 heavy (non-hydrogen) atoms. The van der Waals surface area contributed by atoms with E-state index in [1.807, 2.05) is 44.1 Å². The number of hydrogen-bond acceptors (Lipinski definition) is 5. The molecule has 180 valence electrons. The van der Waals surface area contributed by atoms with Gasteiger partial charge in [0.25, 0.3) is 0 Å². The Morgan fingerprint density at radius 3 is 2.47 bits per heavy atom. The van der Waals surface area contributed by atoms with E-state index in [1.54, 1.807) is 12.1 Å². The maximum atomic E-state index is 13.1. The fourth-order valence-corrected chi connectivity index (χ4v) is 4.74. The SMILES string of the molecule is CC(NC(=S)NC[C@H]1CC[C@@H](Nc2nc(N(C)C)c3ccccc3n2)CC1)c1ccc(F)cc1. The second-order valence-corrected chi connectivity index (χ2v) is 9.68. The Balaban J connectivity index is 1.24. The first kappa shape index (κ1) is 24.1. The van der Waals surface area contributed by atoms with Gasteiger partial charge < -0.3 is 20.9 Å². The third-order valence-corrected chi connectivity index (χ3v) is 6.72. The fraction of sp³-hybridized carbons (Fsp3) is 0.423. The predicted molar refractivity (Wildman–Crippen MR) is 142 cm³/mol. The number of anilines is 2. The summed E-state index contributed by atoms with van der Waals surface area (Å²) < 4.78 is 13.1. The number of rotatable bonds is 7. The minimum absolute atomic E-state index is 0.0227. The highest BCUT2D eigenvalue weighted by Crippen LogP contribution is 2.28. The average molecular weight is 481 g/mol. The number of aromatic nitrogens is 2. The van der Waals surface area contributed by atoms with E-state index >= 15 is 0 Å². The molecule has 1 heterocycles. The quantitative estimate of drug-likeness (QED) is 0.410. The molecule has 1 saturated carbocycles. The van der Waals surface area contributed by atoms with E-state index in [9.17, 15) is 4.39 Å². The maximum Gasteiger partial charge on any atom is 0.225 e. The lowest BCUT2D eigenvalue weighted by Gasteiger charge is -2.30. The molecule has 0 amide bonds. The van der Waals surface area contributed by atoms with Crippen molar-refractivity contribution in [2.75, 3.05) is 30.9 Å². The van der Waals surface area contributed by atoms with Crippen molar-refractivity contribution < 1.29 is 4.39 Å². The van der Waals surface area contributed by atoms with E-state index in [2.05, 4.69) is 22.0 Å². The lowest BCUT2D eigenvalue weighted by molar-refractivity contribution is 0.335. The first-order valence-corrected chi connectivity index (χ1v) is 12.3. The molecule has 8 heteroatoms. The second kappa shape index (κ2) is 11.0. The smallest absolute Gasteiger partial charge is 0.225 e. The van der Waals surface area contributed by atoms with E-state index in [0.717, 1.165) is 54.5 Å². The summed E-state index contributed by atoms with van der Waals surface area (Å²) in [5.74, 6) is 1.98. The van der Waals surface area contributed by atoms with Crippen LogP contribution in [0.4, 0.5) is 16.2 Å². The van der Waals surface area contributed by atoms with Crippen molar-refractivity contribution in [3.05, 3.63) is 59.9 Å². The van der Waals surface area contributed by atoms with Gasteiger partial charge in [-0.25, -0.2) is 9.37 Å². The zero-order valence-electron chi connectivity index (χ0n) is 20.0. The van der Waals surface area contributed by atoms with Crippen LogP contribution in [0, 0.1) is 11.7 Å². The molecule has 2 aromatic carbocycles. The second-order valence-electron chi connectivity index (χ2n) is 9.27. The summed E-state index contributed by atoms with van der Waals surface area (Å²) in [6, 6.07) is 15.0. The summed E-state index contributed by atoms with van der Waals surface area (Å²) in [5, 5.41) is 11.9. The van der Waals surface area contributed by atoms with Gasteiger partial charge in [-0.2, -0.15) is 4.98 Å². The number of halogens is 1. The number of thiocarbonyl (C=S) groups is 1. The lowest BCUT2D eigenvalue weighted by atomic mass is 9.86. The van der Waals surface area contributed by atoms with Crippen molar-refractivity contribution in [3.63, 3.8) is 0 Å². The monoisotopic (exact) mass is 480 g/mol. The Hall–Kier alpha value is -3.00. The van der Waals surface area contributed by atoms with Crippen LogP contribution in [-0.2, 0) is 0 Å². The van der Waals surface area contributed by atoms with Gasteiger partial charge in [-0.1, -0.05) is 24.3 Å². The number of fused-ring (bicyclic) bond motifs is 1.